The average molecular weight is 798 g/mol. The van der Waals surface area contributed by atoms with Gasteiger partial charge in [-0.3, -0.25) is 9.69 Å². The highest BCUT2D eigenvalue weighted by Gasteiger charge is 2.41. The van der Waals surface area contributed by atoms with E-state index in [0.29, 0.717) is 28.8 Å². The maximum absolute atomic E-state index is 13.1. The van der Waals surface area contributed by atoms with Crippen LogP contribution in [0.2, 0.25) is 10.0 Å². The van der Waals surface area contributed by atoms with Gasteiger partial charge in [0.25, 0.3) is 0 Å². The SMILES string of the molecule is C[C@@H](COCCOCCNC(=O)C(F)(F)F)NS(=O)(=O)c1ccc(O[C@H]2c3cc(Cl)cc(Cl)c3C[C@@H]2N2CCC[C@@H](NC(=O)OC(C)(C)C)C2)cc1. The fraction of sp³-hybridized carbons (Fsp3) is 0.588. The topological polar surface area (TPSA) is 145 Å². The minimum atomic E-state index is -4.96. The number of halogens is 5. The Morgan fingerprint density at radius 1 is 1.04 bits per heavy atom. The van der Waals surface area contributed by atoms with Crippen LogP contribution in [0.3, 0.4) is 0 Å². The molecule has 3 N–H and O–H groups in total. The number of alkyl carbamates (subject to hydrolysis) is 1. The second-order valence-corrected chi connectivity index (χ2v) is 16.2. The minimum Gasteiger partial charge on any atom is -0.484 e. The van der Waals surface area contributed by atoms with E-state index in [1.807, 2.05) is 26.8 Å². The molecule has 0 spiro atoms. The summed E-state index contributed by atoms with van der Waals surface area (Å²) in [4.78, 5) is 25.6. The van der Waals surface area contributed by atoms with Gasteiger partial charge in [-0.1, -0.05) is 23.2 Å². The van der Waals surface area contributed by atoms with Crippen molar-refractivity contribution in [2.75, 3.05) is 46.1 Å². The van der Waals surface area contributed by atoms with E-state index in [0.717, 1.165) is 30.5 Å². The number of nitrogens with zero attached hydrogens (tertiary/aromatic N) is 1. The summed E-state index contributed by atoms with van der Waals surface area (Å²) in [6, 6.07) is 8.69. The Morgan fingerprint density at radius 3 is 2.40 bits per heavy atom. The van der Waals surface area contributed by atoms with Crippen LogP contribution in [0.5, 0.6) is 5.75 Å². The Morgan fingerprint density at radius 2 is 1.73 bits per heavy atom. The first-order valence-electron chi connectivity index (χ1n) is 16.8. The van der Waals surface area contributed by atoms with Crippen molar-refractivity contribution in [3.05, 3.63) is 57.6 Å². The number of amides is 2. The number of piperidine rings is 1. The molecule has 2 aromatic rings. The molecular formula is C34H45Cl2F3N4O8S. The van der Waals surface area contributed by atoms with E-state index in [9.17, 15) is 31.2 Å². The van der Waals surface area contributed by atoms with Crippen molar-refractivity contribution in [2.24, 2.45) is 0 Å². The molecule has 0 radical (unpaired) electrons. The van der Waals surface area contributed by atoms with E-state index in [2.05, 4.69) is 14.9 Å². The number of ether oxygens (including phenoxy) is 4. The number of sulfonamides is 1. The molecule has 52 heavy (non-hydrogen) atoms. The molecule has 0 unspecified atom stereocenters. The summed E-state index contributed by atoms with van der Waals surface area (Å²) < 4.78 is 87.8. The Kier molecular flexibility index (Phi) is 14.5. The molecule has 1 aliphatic heterocycles. The monoisotopic (exact) mass is 796 g/mol. The lowest BCUT2D eigenvalue weighted by Crippen LogP contribution is -2.53. The van der Waals surface area contributed by atoms with E-state index in [4.69, 9.17) is 42.1 Å². The number of likely N-dealkylation sites (tertiary alicyclic amines) is 1. The van der Waals surface area contributed by atoms with Gasteiger partial charge in [-0.15, -0.1) is 0 Å². The third-order valence-corrected chi connectivity index (χ3v) is 10.4. The van der Waals surface area contributed by atoms with Gasteiger partial charge in [0.05, 0.1) is 37.4 Å². The van der Waals surface area contributed by atoms with Crippen molar-refractivity contribution in [1.29, 1.82) is 0 Å². The van der Waals surface area contributed by atoms with Gasteiger partial charge in [0.1, 0.15) is 17.5 Å². The van der Waals surface area contributed by atoms with Crippen molar-refractivity contribution in [3.63, 3.8) is 0 Å². The lowest BCUT2D eigenvalue weighted by Gasteiger charge is -2.39. The third kappa shape index (κ3) is 12.4. The highest BCUT2D eigenvalue weighted by molar-refractivity contribution is 7.89. The standard InChI is InChI=1S/C34H45Cl2F3N4O8S/c1-21(20-49-15-14-48-13-11-40-31(44)34(37,38)39)42-52(46,47)25-9-7-24(8-10-25)50-30-27-16-22(35)17-28(36)26(27)18-29(30)43-12-5-6-23(19-43)41-32(45)51-33(2,3)4/h7-10,16-17,21,23,29-30,42H,5-6,11-15,18-20H2,1-4H3,(H,40,44)(H,41,45)/t21-,23+,29-,30-/m0/s1. The fourth-order valence-corrected chi connectivity index (χ4v) is 7.82. The third-order valence-electron chi connectivity index (χ3n) is 8.19. The molecule has 0 bridgehead atoms. The lowest BCUT2D eigenvalue weighted by atomic mass is 10.0. The molecule has 1 fully saturated rings. The van der Waals surface area contributed by atoms with Crippen LogP contribution in [0.4, 0.5) is 18.0 Å². The van der Waals surface area contributed by atoms with Crippen molar-refractivity contribution in [3.8, 4) is 5.75 Å². The second kappa shape index (κ2) is 18.0. The fourth-order valence-electron chi connectivity index (χ4n) is 6.01. The van der Waals surface area contributed by atoms with Crippen molar-refractivity contribution in [1.82, 2.24) is 20.3 Å². The zero-order valence-corrected chi connectivity index (χ0v) is 31.7. The zero-order valence-electron chi connectivity index (χ0n) is 29.4. The van der Waals surface area contributed by atoms with Crippen LogP contribution < -0.4 is 20.1 Å². The summed E-state index contributed by atoms with van der Waals surface area (Å²) in [6.07, 6.45) is -3.66. The summed E-state index contributed by atoms with van der Waals surface area (Å²) in [5, 5.41) is 5.68. The van der Waals surface area contributed by atoms with Gasteiger partial charge >= 0.3 is 18.2 Å². The Labute approximate surface area is 312 Å². The Bertz CT molecular complexity index is 1640. The van der Waals surface area contributed by atoms with Gasteiger partial charge in [0, 0.05) is 40.8 Å². The van der Waals surface area contributed by atoms with Crippen molar-refractivity contribution < 1.29 is 50.1 Å². The quantitative estimate of drug-likeness (QED) is 0.202. The normalized spacial score (nSPS) is 20.2. The number of benzene rings is 2. The molecule has 1 aliphatic carbocycles. The van der Waals surface area contributed by atoms with Crippen LogP contribution in [-0.2, 0) is 35.4 Å². The Hall–Kier alpha value is -2.86. The molecule has 18 heteroatoms. The van der Waals surface area contributed by atoms with Crippen LogP contribution in [0.25, 0.3) is 0 Å². The summed E-state index contributed by atoms with van der Waals surface area (Å²) in [5.41, 5.74) is 1.15. The first kappa shape index (κ1) is 41.9. The van der Waals surface area contributed by atoms with E-state index in [1.165, 1.54) is 12.1 Å². The van der Waals surface area contributed by atoms with Crippen molar-refractivity contribution in [2.45, 2.75) is 87.9 Å². The van der Waals surface area contributed by atoms with E-state index >= 15 is 0 Å². The van der Waals surface area contributed by atoms with Gasteiger partial charge < -0.3 is 29.6 Å². The predicted octanol–water partition coefficient (Wildman–Crippen LogP) is 5.41. The number of hydrogen-bond acceptors (Lipinski definition) is 9. The molecule has 290 valence electrons. The molecule has 12 nitrogen and oxygen atoms in total. The number of carbonyl (C=O) groups excluding carboxylic acids is 2. The largest absolute Gasteiger partial charge is 0.484 e. The predicted molar refractivity (Wildman–Crippen MR) is 188 cm³/mol. The molecule has 2 aliphatic rings. The second-order valence-electron chi connectivity index (χ2n) is 13.7. The summed E-state index contributed by atoms with van der Waals surface area (Å²) in [7, 11) is -3.93. The van der Waals surface area contributed by atoms with Gasteiger partial charge in [-0.2, -0.15) is 13.2 Å². The molecule has 2 aromatic carbocycles. The van der Waals surface area contributed by atoms with Gasteiger partial charge in [0.2, 0.25) is 10.0 Å². The van der Waals surface area contributed by atoms with Gasteiger partial charge in [0.15, 0.2) is 0 Å². The number of fused-ring (bicyclic) bond motifs is 1. The minimum absolute atomic E-state index is 0.00679. The maximum Gasteiger partial charge on any atom is 0.471 e. The highest BCUT2D eigenvalue weighted by Crippen LogP contribution is 2.43. The Balaban J connectivity index is 1.32. The highest BCUT2D eigenvalue weighted by atomic mass is 35.5. The van der Waals surface area contributed by atoms with E-state index < -0.39 is 45.9 Å². The van der Waals surface area contributed by atoms with Crippen LogP contribution in [0.15, 0.2) is 41.3 Å². The summed E-state index contributed by atoms with van der Waals surface area (Å²) >= 11 is 13.1. The maximum atomic E-state index is 13.1. The van der Waals surface area contributed by atoms with Crippen LogP contribution in [0.1, 0.15) is 57.8 Å². The van der Waals surface area contributed by atoms with Gasteiger partial charge in [-0.05, 0) is 95.5 Å². The molecule has 1 saturated heterocycles. The number of carbonyl (C=O) groups is 2. The zero-order chi connectivity index (χ0) is 38.3. The molecule has 2 amide bonds. The lowest BCUT2D eigenvalue weighted by molar-refractivity contribution is -0.173. The number of alkyl halides is 3. The molecule has 0 aromatic heterocycles. The number of nitrogens with one attached hydrogen (secondary N) is 3. The van der Waals surface area contributed by atoms with Crippen LogP contribution >= 0.6 is 23.2 Å². The van der Waals surface area contributed by atoms with E-state index in [1.54, 1.807) is 30.4 Å². The molecule has 0 saturated carbocycles. The first-order valence-corrected chi connectivity index (χ1v) is 19.1. The van der Waals surface area contributed by atoms with Crippen LogP contribution in [-0.4, -0.2) is 101 Å². The van der Waals surface area contributed by atoms with Crippen molar-refractivity contribution >= 4 is 45.2 Å². The van der Waals surface area contributed by atoms with E-state index in [-0.39, 0.29) is 50.0 Å². The molecule has 4 rings (SSSR count). The summed E-state index contributed by atoms with van der Waals surface area (Å²) in [6.45, 7) is 8.05. The van der Waals surface area contributed by atoms with Gasteiger partial charge in [-0.25, -0.2) is 17.9 Å². The molecule has 4 atom stereocenters. The average Bonchev–Trinajstić information content (AvgIpc) is 3.39. The van der Waals surface area contributed by atoms with Crippen LogP contribution in [0, 0.1) is 0 Å². The first-order chi connectivity index (χ1) is 24.3. The summed E-state index contributed by atoms with van der Waals surface area (Å²) in [5.74, 6) is -1.61. The number of rotatable bonds is 15. The molecule has 1 heterocycles. The molecular weight excluding hydrogens is 752 g/mol. The smallest absolute Gasteiger partial charge is 0.471 e. The number of hydrogen-bond donors (Lipinski definition) is 3.